The van der Waals surface area contributed by atoms with Gasteiger partial charge in [0.05, 0.1) is 0 Å². The lowest BCUT2D eigenvalue weighted by atomic mass is 10.3. The number of carbonyl (C=O) groups is 1. The van der Waals surface area contributed by atoms with Gasteiger partial charge in [-0.2, -0.15) is 11.8 Å². The van der Waals surface area contributed by atoms with Crippen LogP contribution in [0.3, 0.4) is 0 Å². The fourth-order valence-electron chi connectivity index (χ4n) is 1.10. The molecule has 1 aliphatic heterocycles. The van der Waals surface area contributed by atoms with Gasteiger partial charge < -0.3 is 5.11 Å². The maximum absolute atomic E-state index is 10.4. The number of nitrogens with zero attached hydrogens (tertiary/aromatic N) is 1. The minimum atomic E-state index is -0.881. The third-order valence-corrected chi connectivity index (χ3v) is 2.76. The lowest BCUT2D eigenvalue weighted by molar-refractivity contribution is -0.132. The van der Waals surface area contributed by atoms with E-state index in [9.17, 15) is 4.79 Å². The van der Waals surface area contributed by atoms with E-state index < -0.39 is 5.97 Å². The maximum atomic E-state index is 10.4. The topological polar surface area (TPSA) is 40.5 Å². The molecule has 1 aliphatic rings. The summed E-state index contributed by atoms with van der Waals surface area (Å²) in [6, 6.07) is 0. The predicted molar refractivity (Wildman–Crippen MR) is 50.5 cm³/mol. The fraction of sp³-hybridized carbons (Fsp3) is 0.625. The molecule has 0 bridgehead atoms. The molecule has 68 valence electrons. The molecule has 0 aliphatic carbocycles. The summed E-state index contributed by atoms with van der Waals surface area (Å²) >= 11 is 1.92. The Balaban J connectivity index is 2.29. The van der Waals surface area contributed by atoms with E-state index >= 15 is 0 Å². The second-order valence-corrected chi connectivity index (χ2v) is 4.02. The van der Waals surface area contributed by atoms with Crippen LogP contribution < -0.4 is 0 Å². The summed E-state index contributed by atoms with van der Waals surface area (Å²) in [5, 5.41) is 8.58. The third kappa shape index (κ3) is 2.87. The number of rotatable bonds is 3. The second kappa shape index (κ2) is 4.52. The molecular weight excluding hydrogens is 174 g/mol. The van der Waals surface area contributed by atoms with Crippen molar-refractivity contribution in [2.24, 2.45) is 0 Å². The Morgan fingerprint density at radius 3 is 2.58 bits per heavy atom. The molecule has 4 heteroatoms. The van der Waals surface area contributed by atoms with Gasteiger partial charge in [0.15, 0.2) is 0 Å². The standard InChI is InChI=1S/C8H13NO2S/c1-7(8(10)11)6-9-2-4-12-5-3-9/h1-6H2,(H,10,11). The smallest absolute Gasteiger partial charge is 0.332 e. The molecule has 12 heavy (non-hydrogen) atoms. The van der Waals surface area contributed by atoms with Crippen LogP contribution in [0.2, 0.25) is 0 Å². The predicted octanol–water partition coefficient (Wildman–Crippen LogP) is 0.676. The highest BCUT2D eigenvalue weighted by Gasteiger charge is 2.13. The molecule has 1 fully saturated rings. The molecule has 3 nitrogen and oxygen atoms in total. The van der Waals surface area contributed by atoms with Gasteiger partial charge in [0.1, 0.15) is 0 Å². The Morgan fingerprint density at radius 2 is 2.08 bits per heavy atom. The van der Waals surface area contributed by atoms with E-state index in [0.717, 1.165) is 24.6 Å². The molecular formula is C8H13NO2S. The normalized spacial score (nSPS) is 19.0. The molecule has 1 N–H and O–H groups in total. The first-order valence-corrected chi connectivity index (χ1v) is 5.07. The van der Waals surface area contributed by atoms with E-state index in [2.05, 4.69) is 11.5 Å². The van der Waals surface area contributed by atoms with Gasteiger partial charge in [-0.1, -0.05) is 6.58 Å². The van der Waals surface area contributed by atoms with Crippen LogP contribution in [0.25, 0.3) is 0 Å². The molecule has 1 heterocycles. The van der Waals surface area contributed by atoms with Crippen molar-refractivity contribution >= 4 is 17.7 Å². The van der Waals surface area contributed by atoms with Crippen molar-refractivity contribution in [3.63, 3.8) is 0 Å². The summed E-state index contributed by atoms with van der Waals surface area (Å²) in [6.07, 6.45) is 0. The number of hydrogen-bond donors (Lipinski definition) is 1. The molecule has 0 spiro atoms. The van der Waals surface area contributed by atoms with Gasteiger partial charge in [0.25, 0.3) is 0 Å². The van der Waals surface area contributed by atoms with E-state index in [1.54, 1.807) is 0 Å². The first-order chi connectivity index (χ1) is 5.70. The number of carboxylic acid groups (broad SMARTS) is 1. The third-order valence-electron chi connectivity index (χ3n) is 1.82. The van der Waals surface area contributed by atoms with Gasteiger partial charge in [-0.25, -0.2) is 4.79 Å². The second-order valence-electron chi connectivity index (χ2n) is 2.80. The highest BCUT2D eigenvalue weighted by Crippen LogP contribution is 2.10. The Bertz CT molecular complexity index is 187. The molecule has 0 unspecified atom stereocenters. The fourth-order valence-corrected chi connectivity index (χ4v) is 2.08. The molecule has 1 saturated heterocycles. The number of aliphatic carboxylic acids is 1. The van der Waals surface area contributed by atoms with Crippen LogP contribution in [0.1, 0.15) is 0 Å². The van der Waals surface area contributed by atoms with Crippen molar-refractivity contribution in [3.05, 3.63) is 12.2 Å². The van der Waals surface area contributed by atoms with E-state index in [-0.39, 0.29) is 0 Å². The Hall–Kier alpha value is -0.480. The summed E-state index contributed by atoms with van der Waals surface area (Å²) < 4.78 is 0. The van der Waals surface area contributed by atoms with Crippen LogP contribution in [0.5, 0.6) is 0 Å². The minimum absolute atomic E-state index is 0.293. The number of hydrogen-bond acceptors (Lipinski definition) is 3. The van der Waals surface area contributed by atoms with Crippen LogP contribution in [0.15, 0.2) is 12.2 Å². The highest BCUT2D eigenvalue weighted by atomic mass is 32.2. The van der Waals surface area contributed by atoms with Crippen LogP contribution in [-0.4, -0.2) is 47.1 Å². The average Bonchev–Trinajstić information content (AvgIpc) is 2.06. The largest absolute Gasteiger partial charge is 0.478 e. The van der Waals surface area contributed by atoms with Crippen molar-refractivity contribution in [3.8, 4) is 0 Å². The van der Waals surface area contributed by atoms with Gasteiger partial charge in [-0.3, -0.25) is 4.90 Å². The zero-order valence-electron chi connectivity index (χ0n) is 6.95. The molecule has 0 saturated carbocycles. The zero-order valence-corrected chi connectivity index (χ0v) is 7.77. The van der Waals surface area contributed by atoms with Crippen molar-refractivity contribution < 1.29 is 9.90 Å². The van der Waals surface area contributed by atoms with Gasteiger partial charge in [0, 0.05) is 36.7 Å². The first-order valence-electron chi connectivity index (χ1n) is 3.91. The van der Waals surface area contributed by atoms with Crippen molar-refractivity contribution in [1.82, 2.24) is 4.90 Å². The van der Waals surface area contributed by atoms with E-state index in [1.165, 1.54) is 0 Å². The molecule has 1 rings (SSSR count). The highest BCUT2D eigenvalue weighted by molar-refractivity contribution is 7.99. The van der Waals surface area contributed by atoms with Crippen LogP contribution in [0.4, 0.5) is 0 Å². The Labute approximate surface area is 76.4 Å². The summed E-state index contributed by atoms with van der Waals surface area (Å²) in [5.41, 5.74) is 0.293. The van der Waals surface area contributed by atoms with Gasteiger partial charge in [0.2, 0.25) is 0 Å². The van der Waals surface area contributed by atoms with Gasteiger partial charge in [-0.15, -0.1) is 0 Å². The summed E-state index contributed by atoms with van der Waals surface area (Å²) in [7, 11) is 0. The molecule has 0 aromatic carbocycles. The van der Waals surface area contributed by atoms with Crippen molar-refractivity contribution in [1.29, 1.82) is 0 Å². The molecule has 0 aromatic rings. The lowest BCUT2D eigenvalue weighted by Crippen LogP contribution is -2.35. The van der Waals surface area contributed by atoms with E-state index in [1.807, 2.05) is 11.8 Å². The van der Waals surface area contributed by atoms with Crippen LogP contribution >= 0.6 is 11.8 Å². The molecule has 0 amide bonds. The average molecular weight is 187 g/mol. The summed E-state index contributed by atoms with van der Waals surface area (Å²) in [6.45, 7) is 5.98. The summed E-state index contributed by atoms with van der Waals surface area (Å²) in [5.74, 6) is 1.33. The molecule has 0 radical (unpaired) electrons. The Kier molecular flexibility index (Phi) is 3.62. The first kappa shape index (κ1) is 9.61. The lowest BCUT2D eigenvalue weighted by Gasteiger charge is -2.25. The minimum Gasteiger partial charge on any atom is -0.478 e. The van der Waals surface area contributed by atoms with Crippen molar-refractivity contribution in [2.45, 2.75) is 0 Å². The number of thioether (sulfide) groups is 1. The number of carboxylic acids is 1. The van der Waals surface area contributed by atoms with Gasteiger partial charge >= 0.3 is 5.97 Å². The molecule has 0 atom stereocenters. The SMILES string of the molecule is C=C(CN1CCSCC1)C(=O)O. The van der Waals surface area contributed by atoms with Gasteiger partial charge in [-0.05, 0) is 0 Å². The monoisotopic (exact) mass is 187 g/mol. The quantitative estimate of drug-likeness (QED) is 0.659. The van der Waals surface area contributed by atoms with E-state index in [0.29, 0.717) is 12.1 Å². The van der Waals surface area contributed by atoms with Crippen molar-refractivity contribution in [2.75, 3.05) is 31.1 Å². The van der Waals surface area contributed by atoms with Crippen LogP contribution in [-0.2, 0) is 4.79 Å². The van der Waals surface area contributed by atoms with E-state index in [4.69, 9.17) is 5.11 Å². The summed E-state index contributed by atoms with van der Waals surface area (Å²) in [4.78, 5) is 12.6. The van der Waals surface area contributed by atoms with Crippen LogP contribution in [0, 0.1) is 0 Å². The maximum Gasteiger partial charge on any atom is 0.332 e. The zero-order chi connectivity index (χ0) is 8.97. The Morgan fingerprint density at radius 1 is 1.50 bits per heavy atom. The molecule has 0 aromatic heterocycles.